The summed E-state index contributed by atoms with van der Waals surface area (Å²) in [5, 5.41) is 14.2. The summed E-state index contributed by atoms with van der Waals surface area (Å²) in [6, 6.07) is -0.661. The van der Waals surface area contributed by atoms with Crippen molar-refractivity contribution in [2.75, 3.05) is 20.1 Å². The van der Waals surface area contributed by atoms with Crippen molar-refractivity contribution in [2.45, 2.75) is 77.9 Å². The number of amides is 5. The number of hydrogen-bond acceptors (Lipinski definition) is 6. The Bertz CT molecular complexity index is 1100. The van der Waals surface area contributed by atoms with E-state index in [0.29, 0.717) is 38.3 Å². The first-order valence-electron chi connectivity index (χ1n) is 13.8. The zero-order chi connectivity index (χ0) is 30.9. The lowest BCUT2D eigenvalue weighted by atomic mass is 9.95. The largest absolute Gasteiger partial charge is 0.352 e. The van der Waals surface area contributed by atoms with E-state index in [0.717, 1.165) is 12.1 Å². The predicted molar refractivity (Wildman–Crippen MR) is 145 cm³/mol. The minimum absolute atomic E-state index is 0.114. The molecule has 5 amide bonds. The van der Waals surface area contributed by atoms with Crippen LogP contribution in [0.2, 0.25) is 0 Å². The third-order valence-electron chi connectivity index (χ3n) is 7.24. The second-order valence-electron chi connectivity index (χ2n) is 10.9. The maximum atomic E-state index is 13.5. The average molecular weight is 582 g/mol. The minimum Gasteiger partial charge on any atom is -0.352 e. The molecule has 2 rings (SSSR count). The molecule has 0 spiro atoms. The molecule has 11 nitrogen and oxygen atoms in total. The normalized spacial score (nSPS) is 17.0. The zero-order valence-corrected chi connectivity index (χ0v) is 24.2. The summed E-state index contributed by atoms with van der Waals surface area (Å²) in [5.74, 6) is -4.96. The molecule has 41 heavy (non-hydrogen) atoms. The molecule has 0 aromatic heterocycles. The van der Waals surface area contributed by atoms with Crippen molar-refractivity contribution in [2.24, 2.45) is 11.8 Å². The van der Waals surface area contributed by atoms with Crippen molar-refractivity contribution < 1.29 is 38.0 Å². The Hall–Kier alpha value is -3.61. The third kappa shape index (κ3) is 9.20. The first-order chi connectivity index (χ1) is 19.3. The van der Waals surface area contributed by atoms with Crippen LogP contribution in [-0.2, 0) is 19.2 Å². The molecule has 4 N–H and O–H groups in total. The average Bonchev–Trinajstić information content (AvgIpc) is 3.40. The Labute approximate surface area is 239 Å². The van der Waals surface area contributed by atoms with Gasteiger partial charge in [0.1, 0.15) is 29.8 Å². The lowest BCUT2D eigenvalue weighted by molar-refractivity contribution is -0.149. The van der Waals surface area contributed by atoms with E-state index < -0.39 is 47.5 Å². The molecule has 1 aliphatic rings. The van der Waals surface area contributed by atoms with E-state index in [2.05, 4.69) is 10.6 Å². The smallest absolute Gasteiger partial charge is 0.265 e. The molecule has 0 saturated carbocycles. The van der Waals surface area contributed by atoms with E-state index >= 15 is 0 Å². The van der Waals surface area contributed by atoms with Crippen LogP contribution >= 0.6 is 0 Å². The molecule has 13 heteroatoms. The topological polar surface area (TPSA) is 148 Å². The fourth-order valence-electron chi connectivity index (χ4n) is 4.92. The van der Waals surface area contributed by atoms with Gasteiger partial charge < -0.3 is 20.4 Å². The third-order valence-corrected chi connectivity index (χ3v) is 7.24. The number of benzene rings is 1. The van der Waals surface area contributed by atoms with Gasteiger partial charge >= 0.3 is 0 Å². The summed E-state index contributed by atoms with van der Waals surface area (Å²) in [6.45, 7) is 7.75. The van der Waals surface area contributed by atoms with Crippen molar-refractivity contribution in [3.63, 3.8) is 0 Å². The van der Waals surface area contributed by atoms with Crippen LogP contribution in [0.1, 0.15) is 70.2 Å². The van der Waals surface area contributed by atoms with Gasteiger partial charge in [0.05, 0.1) is 0 Å². The molecule has 1 aliphatic heterocycles. The number of nitrogens with one attached hydrogen (secondary N) is 3. The molecule has 1 saturated heterocycles. The van der Waals surface area contributed by atoms with Crippen molar-refractivity contribution >= 4 is 29.5 Å². The van der Waals surface area contributed by atoms with Gasteiger partial charge in [-0.2, -0.15) is 0 Å². The van der Waals surface area contributed by atoms with Gasteiger partial charge in [0.15, 0.2) is 0 Å². The lowest BCUT2D eigenvalue weighted by Crippen LogP contribution is -2.58. The van der Waals surface area contributed by atoms with Crippen LogP contribution in [0.4, 0.5) is 8.78 Å². The van der Waals surface area contributed by atoms with Gasteiger partial charge in [0, 0.05) is 38.2 Å². The Balaban J connectivity index is 2.13. The van der Waals surface area contributed by atoms with E-state index in [1.54, 1.807) is 11.8 Å². The Morgan fingerprint density at radius 3 is 2.27 bits per heavy atom. The van der Waals surface area contributed by atoms with E-state index in [9.17, 15) is 38.0 Å². The number of hydrogen-bond donors (Lipinski definition) is 4. The lowest BCUT2D eigenvalue weighted by Gasteiger charge is -2.36. The van der Waals surface area contributed by atoms with Crippen LogP contribution in [0.15, 0.2) is 18.2 Å². The zero-order valence-electron chi connectivity index (χ0n) is 24.2. The fraction of sp³-hybridized carbons (Fsp3) is 0.607. The maximum absolute atomic E-state index is 13.5. The first-order valence-corrected chi connectivity index (χ1v) is 13.8. The van der Waals surface area contributed by atoms with Crippen LogP contribution in [0.5, 0.6) is 0 Å². The van der Waals surface area contributed by atoms with Crippen LogP contribution in [0.3, 0.4) is 0 Å². The number of likely N-dealkylation sites (N-methyl/N-ethyl adjacent to an activating group) is 1. The molecule has 4 atom stereocenters. The molecule has 0 bridgehead atoms. The van der Waals surface area contributed by atoms with Gasteiger partial charge in [-0.15, -0.1) is 0 Å². The van der Waals surface area contributed by atoms with E-state index in [1.807, 2.05) is 20.8 Å². The molecule has 1 aromatic carbocycles. The number of carbonyl (C=O) groups excluding carboxylic acids is 5. The molecule has 0 radical (unpaired) electrons. The second-order valence-corrected chi connectivity index (χ2v) is 10.9. The highest BCUT2D eigenvalue weighted by Crippen LogP contribution is 2.24. The number of nitrogens with zero attached hydrogens (tertiary/aromatic N) is 2. The van der Waals surface area contributed by atoms with Gasteiger partial charge in [0.25, 0.3) is 11.8 Å². The minimum atomic E-state index is -1.30. The highest BCUT2D eigenvalue weighted by molar-refractivity contribution is 5.95. The molecule has 3 unspecified atom stereocenters. The van der Waals surface area contributed by atoms with Crippen LogP contribution < -0.4 is 16.1 Å². The van der Waals surface area contributed by atoms with E-state index in [-0.39, 0.29) is 42.2 Å². The first kappa shape index (κ1) is 33.6. The molecule has 0 aliphatic carbocycles. The molecule has 1 fully saturated rings. The van der Waals surface area contributed by atoms with Crippen LogP contribution in [-0.4, -0.2) is 82.8 Å². The monoisotopic (exact) mass is 581 g/mol. The maximum Gasteiger partial charge on any atom is 0.265 e. The summed E-state index contributed by atoms with van der Waals surface area (Å²) in [7, 11) is 1.49. The Morgan fingerprint density at radius 2 is 1.71 bits per heavy atom. The van der Waals surface area contributed by atoms with Gasteiger partial charge in [-0.25, -0.2) is 14.3 Å². The van der Waals surface area contributed by atoms with Crippen LogP contribution in [0.25, 0.3) is 0 Å². The van der Waals surface area contributed by atoms with Crippen molar-refractivity contribution in [3.8, 4) is 0 Å². The highest BCUT2D eigenvalue weighted by atomic mass is 19.1. The summed E-state index contributed by atoms with van der Waals surface area (Å²) in [4.78, 5) is 67.3. The van der Waals surface area contributed by atoms with Gasteiger partial charge in [-0.3, -0.25) is 29.2 Å². The van der Waals surface area contributed by atoms with E-state index in [1.165, 1.54) is 17.4 Å². The summed E-state index contributed by atoms with van der Waals surface area (Å²) < 4.78 is 26.9. The van der Waals surface area contributed by atoms with Crippen molar-refractivity contribution in [1.82, 2.24) is 25.9 Å². The Kier molecular flexibility index (Phi) is 12.6. The molecule has 1 heterocycles. The summed E-state index contributed by atoms with van der Waals surface area (Å²) >= 11 is 0. The van der Waals surface area contributed by atoms with Gasteiger partial charge in [0.2, 0.25) is 17.7 Å². The summed E-state index contributed by atoms with van der Waals surface area (Å²) in [5.41, 5.74) is 1.21. The standard InChI is InChI=1S/C28H41F2N5O6/c1-6-17(4)24(34(5)28(40)22-8-7-11-35(22)23(36)12-16(2)3)27(39)32-21(26(38)33-41)9-10-31-25(37)18-13-19(29)15-20(30)14-18/h13-17,21-22,24,41H,6-12H2,1-5H3,(H,31,37)(H,32,39)(H,33,38)/t17?,21?,22-,24?/m0/s1. The molecule has 228 valence electrons. The Morgan fingerprint density at radius 1 is 1.07 bits per heavy atom. The molecule has 1 aromatic rings. The SMILES string of the molecule is CCC(C)C(C(=O)NC(CCNC(=O)c1cc(F)cc(F)c1)C(=O)NO)N(C)C(=O)[C@@H]1CCCN1C(=O)CC(C)C. The fourth-order valence-corrected chi connectivity index (χ4v) is 4.92. The summed E-state index contributed by atoms with van der Waals surface area (Å²) in [6.07, 6.45) is 1.80. The molecular formula is C28H41F2N5O6. The number of carbonyl (C=O) groups is 5. The second kappa shape index (κ2) is 15.4. The van der Waals surface area contributed by atoms with E-state index in [4.69, 9.17) is 0 Å². The number of halogens is 2. The van der Waals surface area contributed by atoms with Crippen molar-refractivity contribution in [1.29, 1.82) is 0 Å². The quantitative estimate of drug-likeness (QED) is 0.207. The molecular weight excluding hydrogens is 540 g/mol. The van der Waals surface area contributed by atoms with Crippen LogP contribution in [0, 0.1) is 23.5 Å². The van der Waals surface area contributed by atoms with Gasteiger partial charge in [-0.1, -0.05) is 34.1 Å². The predicted octanol–water partition coefficient (Wildman–Crippen LogP) is 1.99. The number of likely N-dealkylation sites (tertiary alicyclic amines) is 1. The van der Waals surface area contributed by atoms with Crippen molar-refractivity contribution in [3.05, 3.63) is 35.4 Å². The number of rotatable bonds is 13. The van der Waals surface area contributed by atoms with Gasteiger partial charge in [-0.05, 0) is 43.2 Å². The highest BCUT2D eigenvalue weighted by Gasteiger charge is 2.40. The number of hydroxylamine groups is 1.